The molecule has 57 heavy (non-hydrogen) atoms. The number of nitrogens with zero attached hydrogens (tertiary/aromatic N) is 2. The van der Waals surface area contributed by atoms with Crippen LogP contribution in [0.3, 0.4) is 0 Å². The molecule has 0 aliphatic heterocycles. The second-order valence-electron chi connectivity index (χ2n) is 14.3. The lowest BCUT2D eigenvalue weighted by Gasteiger charge is -2.10. The maximum absolute atomic E-state index is 7.95. The molecule has 0 saturated heterocycles. The standard InChI is InChI=1S/C37H31N3.C15H14N2/c1-4-10-26(3)24-38-40-36-14-9-8-13-30(36)31-18-16-28(23-37(31)40)27-17-20-35-33(22-27)32-21-25(2)15-19-34(32)39(35)29-11-6-5-7-12-29;16-14(12-7-3-1-4-8-12)11-15(17)13-9-5-2-6-10-13/h4-24,38H,1-3H3;1-11,16H,17H2/b10-4-,26-24-;15-11-,16-14?. The number of allylic oxidation sites excluding steroid dienone is 4. The van der Waals surface area contributed by atoms with Crippen LogP contribution in [0.4, 0.5) is 0 Å². The second-order valence-corrected chi connectivity index (χ2v) is 14.3. The number of nitrogens with one attached hydrogen (secondary N) is 2. The molecular weight excluding hydrogens is 695 g/mol. The molecule has 9 rings (SSSR count). The molecule has 4 N–H and O–H groups in total. The minimum atomic E-state index is 0.423. The van der Waals surface area contributed by atoms with Crippen molar-refractivity contribution in [2.75, 3.05) is 5.43 Å². The third-order valence-corrected chi connectivity index (χ3v) is 10.3. The molecule has 0 aliphatic rings. The van der Waals surface area contributed by atoms with E-state index in [1.807, 2.05) is 67.6 Å². The maximum Gasteiger partial charge on any atom is 0.0715 e. The average molecular weight is 740 g/mol. The zero-order chi connectivity index (χ0) is 39.3. The summed E-state index contributed by atoms with van der Waals surface area (Å²) >= 11 is 0. The summed E-state index contributed by atoms with van der Waals surface area (Å²) < 4.78 is 4.57. The van der Waals surface area contributed by atoms with Gasteiger partial charge in [0.2, 0.25) is 0 Å². The van der Waals surface area contributed by atoms with E-state index in [-0.39, 0.29) is 0 Å². The van der Waals surface area contributed by atoms with Crippen molar-refractivity contribution in [3.8, 4) is 16.8 Å². The van der Waals surface area contributed by atoms with Crippen LogP contribution in [0.25, 0.3) is 66.1 Å². The highest BCUT2D eigenvalue weighted by Crippen LogP contribution is 2.37. The predicted octanol–water partition coefficient (Wildman–Crippen LogP) is 12.9. The molecule has 278 valence electrons. The molecule has 0 bridgehead atoms. The quantitative estimate of drug-likeness (QED) is 0.107. The summed E-state index contributed by atoms with van der Waals surface area (Å²) in [5, 5.41) is 13.0. The lowest BCUT2D eigenvalue weighted by Crippen LogP contribution is -2.07. The van der Waals surface area contributed by atoms with Gasteiger partial charge in [-0.2, -0.15) is 0 Å². The molecule has 9 aromatic rings. The molecule has 0 atom stereocenters. The largest absolute Gasteiger partial charge is 0.398 e. The van der Waals surface area contributed by atoms with Crippen LogP contribution in [-0.2, 0) is 0 Å². The van der Waals surface area contributed by atoms with E-state index in [1.165, 1.54) is 60.5 Å². The Kier molecular flexibility index (Phi) is 10.4. The number of aryl methyl sites for hydroxylation is 1. The van der Waals surface area contributed by atoms with Crippen LogP contribution < -0.4 is 11.2 Å². The molecule has 7 aromatic carbocycles. The van der Waals surface area contributed by atoms with Crippen molar-refractivity contribution in [2.45, 2.75) is 20.8 Å². The molecule has 2 aromatic heterocycles. The molecule has 0 spiro atoms. The Morgan fingerprint density at radius 3 is 1.88 bits per heavy atom. The molecule has 0 fully saturated rings. The smallest absolute Gasteiger partial charge is 0.0715 e. The fraction of sp³-hybridized carbons (Fsp3) is 0.0577. The van der Waals surface area contributed by atoms with Crippen molar-refractivity contribution in [3.05, 3.63) is 217 Å². The summed E-state index contributed by atoms with van der Waals surface area (Å²) in [7, 11) is 0. The van der Waals surface area contributed by atoms with Crippen LogP contribution in [0.5, 0.6) is 0 Å². The first kappa shape index (κ1) is 36.6. The Morgan fingerprint density at radius 1 is 0.579 bits per heavy atom. The van der Waals surface area contributed by atoms with Crippen LogP contribution in [0, 0.1) is 12.3 Å². The summed E-state index contributed by atoms with van der Waals surface area (Å²) in [5.74, 6) is 0. The molecule has 0 aliphatic carbocycles. The normalized spacial score (nSPS) is 12.1. The third kappa shape index (κ3) is 7.51. The van der Waals surface area contributed by atoms with Crippen LogP contribution in [0.2, 0.25) is 0 Å². The Hall–Kier alpha value is -7.37. The first-order valence-electron chi connectivity index (χ1n) is 19.3. The van der Waals surface area contributed by atoms with E-state index < -0.39 is 0 Å². The lowest BCUT2D eigenvalue weighted by atomic mass is 10.0. The Labute approximate surface area is 333 Å². The van der Waals surface area contributed by atoms with Gasteiger partial charge in [-0.25, -0.2) is 0 Å². The van der Waals surface area contributed by atoms with E-state index in [9.17, 15) is 0 Å². The van der Waals surface area contributed by atoms with Gasteiger partial charge >= 0.3 is 0 Å². The fourth-order valence-electron chi connectivity index (χ4n) is 7.51. The van der Waals surface area contributed by atoms with E-state index in [0.29, 0.717) is 11.4 Å². The molecule has 0 radical (unpaired) electrons. The Balaban J connectivity index is 0.000000224. The lowest BCUT2D eigenvalue weighted by molar-refractivity contribution is 1.05. The zero-order valence-corrected chi connectivity index (χ0v) is 32.4. The van der Waals surface area contributed by atoms with E-state index in [2.05, 4.69) is 156 Å². The number of aromatic nitrogens is 2. The van der Waals surface area contributed by atoms with Crippen molar-refractivity contribution in [1.29, 1.82) is 5.41 Å². The number of hydrogen-bond acceptors (Lipinski definition) is 3. The van der Waals surface area contributed by atoms with Crippen LogP contribution in [-0.4, -0.2) is 15.0 Å². The monoisotopic (exact) mass is 739 g/mol. The van der Waals surface area contributed by atoms with E-state index in [4.69, 9.17) is 11.1 Å². The Morgan fingerprint density at radius 2 is 1.16 bits per heavy atom. The number of fused-ring (bicyclic) bond motifs is 6. The first-order chi connectivity index (χ1) is 27.9. The molecule has 0 amide bonds. The number of rotatable bonds is 8. The van der Waals surface area contributed by atoms with Gasteiger partial charge in [-0.1, -0.05) is 139 Å². The van der Waals surface area contributed by atoms with Gasteiger partial charge < -0.3 is 21.1 Å². The van der Waals surface area contributed by atoms with Gasteiger partial charge in [-0.15, -0.1) is 0 Å². The van der Waals surface area contributed by atoms with Gasteiger partial charge in [0.15, 0.2) is 0 Å². The minimum absolute atomic E-state index is 0.423. The summed E-state index contributed by atoms with van der Waals surface area (Å²) in [6.45, 7) is 6.32. The maximum atomic E-state index is 7.95. The van der Waals surface area contributed by atoms with Crippen molar-refractivity contribution >= 4 is 55.0 Å². The minimum Gasteiger partial charge on any atom is -0.398 e. The van der Waals surface area contributed by atoms with E-state index in [1.54, 1.807) is 6.08 Å². The molecule has 0 unspecified atom stereocenters. The van der Waals surface area contributed by atoms with Crippen molar-refractivity contribution in [1.82, 2.24) is 9.24 Å². The SMILES string of the molecule is C/C=C\C(C)=C/Nn1c2ccccc2c2ccc(-c3ccc4c(c3)c3cc(C)ccc3n4-c3ccccc3)cc21.N=C(/C=C(\N)c1ccccc1)c1ccccc1. The zero-order valence-electron chi connectivity index (χ0n) is 32.4. The van der Waals surface area contributed by atoms with Gasteiger partial charge in [0.1, 0.15) is 0 Å². The van der Waals surface area contributed by atoms with Gasteiger partial charge in [-0.3, -0.25) is 4.68 Å². The summed E-state index contributed by atoms with van der Waals surface area (Å²) in [4.78, 5) is 0. The van der Waals surface area contributed by atoms with Gasteiger partial charge in [-0.05, 0) is 103 Å². The van der Waals surface area contributed by atoms with E-state index >= 15 is 0 Å². The Bertz CT molecular complexity index is 2960. The van der Waals surface area contributed by atoms with E-state index in [0.717, 1.165) is 22.2 Å². The van der Waals surface area contributed by atoms with Crippen LogP contribution >= 0.6 is 0 Å². The third-order valence-electron chi connectivity index (χ3n) is 10.3. The van der Waals surface area contributed by atoms with Crippen LogP contribution in [0.1, 0.15) is 30.5 Å². The molecule has 2 heterocycles. The van der Waals surface area contributed by atoms with Crippen molar-refractivity contribution in [3.63, 3.8) is 0 Å². The predicted molar refractivity (Wildman–Crippen MR) is 244 cm³/mol. The molecular formula is C52H45N5. The van der Waals surface area contributed by atoms with Gasteiger partial charge in [0.25, 0.3) is 0 Å². The summed E-state index contributed by atoms with van der Waals surface area (Å²) in [6.07, 6.45) is 7.91. The van der Waals surface area contributed by atoms with Gasteiger partial charge in [0, 0.05) is 39.1 Å². The van der Waals surface area contributed by atoms with Crippen LogP contribution in [0.15, 0.2) is 200 Å². The number of nitrogens with two attached hydrogens (primary N) is 1. The molecule has 0 saturated carbocycles. The van der Waals surface area contributed by atoms with Crippen molar-refractivity contribution < 1.29 is 0 Å². The first-order valence-corrected chi connectivity index (χ1v) is 19.3. The number of hydrogen-bond donors (Lipinski definition) is 3. The number of benzene rings is 7. The molecule has 5 heteroatoms. The average Bonchev–Trinajstić information content (AvgIpc) is 3.75. The molecule has 5 nitrogen and oxygen atoms in total. The highest BCUT2D eigenvalue weighted by atomic mass is 15.4. The second kappa shape index (κ2) is 16.2. The highest BCUT2D eigenvalue weighted by Gasteiger charge is 2.15. The fourth-order valence-corrected chi connectivity index (χ4v) is 7.51. The van der Waals surface area contributed by atoms with Crippen molar-refractivity contribution in [2.24, 2.45) is 5.73 Å². The van der Waals surface area contributed by atoms with Gasteiger partial charge in [0.05, 0.1) is 27.8 Å². The topological polar surface area (TPSA) is 71.8 Å². The summed E-state index contributed by atoms with van der Waals surface area (Å²) in [5.41, 5.74) is 23.1. The highest BCUT2D eigenvalue weighted by molar-refractivity contribution is 6.12. The number of para-hydroxylation sites is 2. The summed E-state index contributed by atoms with van der Waals surface area (Å²) in [6, 6.07) is 58.9.